The molecular weight excluding hydrogens is 292 g/mol. The molecule has 0 aliphatic carbocycles. The SMILES string of the molecule is C[C@H](CNC(=O)NC[C@@H]1CN(C)CCN1C)Oc1ccccc1. The third-order valence-electron chi connectivity index (χ3n) is 4.11. The van der Waals surface area contributed by atoms with Crippen molar-refractivity contribution in [2.24, 2.45) is 0 Å². The molecule has 6 nitrogen and oxygen atoms in total. The van der Waals surface area contributed by atoms with E-state index in [1.807, 2.05) is 37.3 Å². The summed E-state index contributed by atoms with van der Waals surface area (Å²) >= 11 is 0. The van der Waals surface area contributed by atoms with Gasteiger partial charge in [-0.2, -0.15) is 0 Å². The van der Waals surface area contributed by atoms with Crippen molar-refractivity contribution in [1.29, 1.82) is 0 Å². The summed E-state index contributed by atoms with van der Waals surface area (Å²) in [5, 5.41) is 5.81. The molecular formula is C17H28N4O2. The number of carbonyl (C=O) groups excluding carboxylic acids is 1. The summed E-state index contributed by atoms with van der Waals surface area (Å²) in [6, 6.07) is 9.84. The molecule has 2 amide bonds. The quantitative estimate of drug-likeness (QED) is 0.821. The van der Waals surface area contributed by atoms with Crippen molar-refractivity contribution in [3.8, 4) is 5.75 Å². The zero-order chi connectivity index (χ0) is 16.7. The van der Waals surface area contributed by atoms with E-state index >= 15 is 0 Å². The first-order chi connectivity index (χ1) is 11.0. The van der Waals surface area contributed by atoms with E-state index in [-0.39, 0.29) is 12.1 Å². The number of para-hydroxylation sites is 1. The first kappa shape index (κ1) is 17.6. The van der Waals surface area contributed by atoms with Crippen molar-refractivity contribution in [3.05, 3.63) is 30.3 Å². The third-order valence-corrected chi connectivity index (χ3v) is 4.11. The lowest BCUT2D eigenvalue weighted by Gasteiger charge is -2.37. The lowest BCUT2D eigenvalue weighted by molar-refractivity contribution is 0.114. The summed E-state index contributed by atoms with van der Waals surface area (Å²) < 4.78 is 5.73. The summed E-state index contributed by atoms with van der Waals surface area (Å²) in [5.41, 5.74) is 0. The Kier molecular flexibility index (Phi) is 6.67. The van der Waals surface area contributed by atoms with Crippen LogP contribution in [0.25, 0.3) is 0 Å². The molecule has 128 valence electrons. The zero-order valence-electron chi connectivity index (χ0n) is 14.3. The fourth-order valence-corrected chi connectivity index (χ4v) is 2.60. The van der Waals surface area contributed by atoms with Crippen LogP contribution in [0.4, 0.5) is 4.79 Å². The molecule has 1 aliphatic rings. The van der Waals surface area contributed by atoms with Gasteiger partial charge >= 0.3 is 6.03 Å². The Morgan fingerprint density at radius 3 is 2.74 bits per heavy atom. The van der Waals surface area contributed by atoms with Gasteiger partial charge in [0, 0.05) is 32.2 Å². The maximum absolute atomic E-state index is 11.9. The van der Waals surface area contributed by atoms with Gasteiger partial charge in [0.05, 0.1) is 6.54 Å². The van der Waals surface area contributed by atoms with Crippen LogP contribution in [0.2, 0.25) is 0 Å². The lowest BCUT2D eigenvalue weighted by atomic mass is 10.2. The minimum absolute atomic E-state index is 0.0772. The smallest absolute Gasteiger partial charge is 0.314 e. The van der Waals surface area contributed by atoms with Gasteiger partial charge in [0.25, 0.3) is 0 Å². The largest absolute Gasteiger partial charge is 0.489 e. The zero-order valence-corrected chi connectivity index (χ0v) is 14.3. The predicted octanol–water partition coefficient (Wildman–Crippen LogP) is 0.999. The first-order valence-corrected chi connectivity index (χ1v) is 8.17. The number of likely N-dealkylation sites (N-methyl/N-ethyl adjacent to an activating group) is 2. The van der Waals surface area contributed by atoms with E-state index in [1.54, 1.807) is 0 Å². The second-order valence-corrected chi connectivity index (χ2v) is 6.23. The number of carbonyl (C=O) groups is 1. The Balaban J connectivity index is 1.64. The van der Waals surface area contributed by atoms with Crippen LogP contribution in [0.15, 0.2) is 30.3 Å². The Morgan fingerprint density at radius 1 is 1.26 bits per heavy atom. The number of benzene rings is 1. The van der Waals surface area contributed by atoms with Crippen LogP contribution < -0.4 is 15.4 Å². The molecule has 0 aromatic heterocycles. The number of piperazine rings is 1. The normalized spacial score (nSPS) is 20.7. The Morgan fingerprint density at radius 2 is 2.00 bits per heavy atom. The highest BCUT2D eigenvalue weighted by atomic mass is 16.5. The Labute approximate surface area is 138 Å². The highest BCUT2D eigenvalue weighted by Crippen LogP contribution is 2.10. The summed E-state index contributed by atoms with van der Waals surface area (Å²) in [7, 11) is 4.22. The third kappa shape index (κ3) is 6.08. The van der Waals surface area contributed by atoms with Crippen molar-refractivity contribution >= 4 is 6.03 Å². The molecule has 1 heterocycles. The molecule has 1 fully saturated rings. The Hall–Kier alpha value is -1.79. The van der Waals surface area contributed by atoms with Crippen LogP contribution in [0.5, 0.6) is 5.75 Å². The average molecular weight is 320 g/mol. The summed E-state index contributed by atoms with van der Waals surface area (Å²) in [4.78, 5) is 16.5. The molecule has 2 atom stereocenters. The lowest BCUT2D eigenvalue weighted by Crippen LogP contribution is -2.55. The van der Waals surface area contributed by atoms with Gasteiger partial charge in [0.2, 0.25) is 0 Å². The molecule has 1 aromatic rings. The molecule has 0 unspecified atom stereocenters. The Bertz CT molecular complexity index is 483. The highest BCUT2D eigenvalue weighted by Gasteiger charge is 2.22. The molecule has 23 heavy (non-hydrogen) atoms. The number of rotatable bonds is 6. The molecule has 2 N–H and O–H groups in total. The average Bonchev–Trinajstić information content (AvgIpc) is 2.54. The minimum Gasteiger partial charge on any atom is -0.489 e. The molecule has 1 aliphatic heterocycles. The molecule has 0 radical (unpaired) electrons. The minimum atomic E-state index is -0.143. The van der Waals surface area contributed by atoms with Crippen LogP contribution in [0.3, 0.4) is 0 Å². The summed E-state index contributed by atoms with van der Waals surface area (Å²) in [5.74, 6) is 0.814. The van der Waals surface area contributed by atoms with Crippen molar-refractivity contribution in [2.45, 2.75) is 19.1 Å². The van der Waals surface area contributed by atoms with Gasteiger partial charge in [-0.3, -0.25) is 4.90 Å². The van der Waals surface area contributed by atoms with Crippen LogP contribution >= 0.6 is 0 Å². The standard InChI is InChI=1S/C17H28N4O2/c1-14(23-16-7-5-4-6-8-16)11-18-17(22)19-12-15-13-20(2)9-10-21(15)3/h4-8,14-15H,9-13H2,1-3H3,(H2,18,19,22)/t14-,15-/m1/s1. The molecule has 0 spiro atoms. The number of hydrogen-bond donors (Lipinski definition) is 2. The van der Waals surface area contributed by atoms with Crippen molar-refractivity contribution in [3.63, 3.8) is 0 Å². The predicted molar refractivity (Wildman–Crippen MR) is 91.8 cm³/mol. The number of nitrogens with one attached hydrogen (secondary N) is 2. The van der Waals surface area contributed by atoms with E-state index in [9.17, 15) is 4.79 Å². The first-order valence-electron chi connectivity index (χ1n) is 8.17. The van der Waals surface area contributed by atoms with Crippen LogP contribution in [0.1, 0.15) is 6.92 Å². The van der Waals surface area contributed by atoms with Crippen molar-refractivity contribution < 1.29 is 9.53 Å². The van der Waals surface area contributed by atoms with Gasteiger partial charge in [-0.15, -0.1) is 0 Å². The highest BCUT2D eigenvalue weighted by molar-refractivity contribution is 5.73. The van der Waals surface area contributed by atoms with E-state index in [1.165, 1.54) is 0 Å². The number of ether oxygens (including phenoxy) is 1. The molecule has 2 rings (SSSR count). The van der Waals surface area contributed by atoms with Gasteiger partial charge in [-0.25, -0.2) is 4.79 Å². The van der Waals surface area contributed by atoms with Crippen molar-refractivity contribution in [2.75, 3.05) is 46.8 Å². The van der Waals surface area contributed by atoms with E-state index < -0.39 is 0 Å². The maximum atomic E-state index is 11.9. The van der Waals surface area contributed by atoms with E-state index in [0.717, 1.165) is 25.4 Å². The van der Waals surface area contributed by atoms with Crippen LogP contribution in [-0.4, -0.2) is 74.8 Å². The van der Waals surface area contributed by atoms with Gasteiger partial charge in [0.15, 0.2) is 0 Å². The molecule has 1 aromatic carbocycles. The second-order valence-electron chi connectivity index (χ2n) is 6.23. The summed E-state index contributed by atoms with van der Waals surface area (Å²) in [6.45, 7) is 6.16. The monoisotopic (exact) mass is 320 g/mol. The van der Waals surface area contributed by atoms with Gasteiger partial charge in [-0.1, -0.05) is 18.2 Å². The number of amides is 2. The van der Waals surface area contributed by atoms with E-state index in [0.29, 0.717) is 19.1 Å². The number of nitrogens with zero attached hydrogens (tertiary/aromatic N) is 2. The number of urea groups is 1. The second kappa shape index (κ2) is 8.74. The number of hydrogen-bond acceptors (Lipinski definition) is 4. The molecule has 6 heteroatoms. The molecule has 0 bridgehead atoms. The van der Waals surface area contributed by atoms with Gasteiger partial charge < -0.3 is 20.3 Å². The molecule has 1 saturated heterocycles. The van der Waals surface area contributed by atoms with E-state index in [4.69, 9.17) is 4.74 Å². The van der Waals surface area contributed by atoms with E-state index in [2.05, 4.69) is 34.5 Å². The van der Waals surface area contributed by atoms with Crippen LogP contribution in [-0.2, 0) is 0 Å². The van der Waals surface area contributed by atoms with Crippen molar-refractivity contribution in [1.82, 2.24) is 20.4 Å². The fourth-order valence-electron chi connectivity index (χ4n) is 2.60. The van der Waals surface area contributed by atoms with Crippen LogP contribution in [0, 0.1) is 0 Å². The topological polar surface area (TPSA) is 56.8 Å². The van der Waals surface area contributed by atoms with Gasteiger partial charge in [0.1, 0.15) is 11.9 Å². The molecule has 0 saturated carbocycles. The fraction of sp³-hybridized carbons (Fsp3) is 0.588. The maximum Gasteiger partial charge on any atom is 0.314 e. The summed E-state index contributed by atoms with van der Waals surface area (Å²) in [6.07, 6.45) is -0.0772. The van der Waals surface area contributed by atoms with Gasteiger partial charge in [-0.05, 0) is 33.2 Å².